The number of anilines is 6. The van der Waals surface area contributed by atoms with Gasteiger partial charge in [0.05, 0.1) is 44.5 Å². The van der Waals surface area contributed by atoms with Gasteiger partial charge in [0.15, 0.2) is 0 Å². The number of hydrogen-bond donors (Lipinski definition) is 0. The van der Waals surface area contributed by atoms with Crippen molar-refractivity contribution in [2.75, 3.05) is 9.80 Å². The van der Waals surface area contributed by atoms with Crippen molar-refractivity contribution in [1.29, 1.82) is 0 Å². The van der Waals surface area contributed by atoms with Crippen molar-refractivity contribution < 1.29 is 0 Å². The van der Waals surface area contributed by atoms with Gasteiger partial charge in [0.2, 0.25) is 0 Å². The van der Waals surface area contributed by atoms with Crippen LogP contribution in [-0.4, -0.2) is 8.80 Å². The van der Waals surface area contributed by atoms with E-state index in [1.165, 1.54) is 121 Å². The van der Waals surface area contributed by atoms with Crippen LogP contribution in [0.4, 0.5) is 34.1 Å². The van der Waals surface area contributed by atoms with E-state index < -0.39 is 0 Å². The van der Waals surface area contributed by atoms with Crippen LogP contribution >= 0.6 is 0 Å². The van der Waals surface area contributed by atoms with Crippen LogP contribution in [0.3, 0.4) is 0 Å². The summed E-state index contributed by atoms with van der Waals surface area (Å²) in [6.45, 7) is 10.9. The largest absolute Gasteiger partial charge is 0.310 e. The van der Waals surface area contributed by atoms with Crippen molar-refractivity contribution in [3.63, 3.8) is 0 Å². The molecule has 4 nitrogen and oxygen atoms in total. The fourth-order valence-electron chi connectivity index (χ4n) is 10.8. The number of rotatable bonds is 6. The number of benzene rings is 9. The summed E-state index contributed by atoms with van der Waals surface area (Å²) in [5, 5.41) is 10.1. The first-order valence-electron chi connectivity index (χ1n) is 22.0. The van der Waals surface area contributed by atoms with Gasteiger partial charge < -0.3 is 18.6 Å². The maximum Gasteiger partial charge on any atom is 0.0641 e. The third kappa shape index (κ3) is 5.03. The summed E-state index contributed by atoms with van der Waals surface area (Å²) in [6, 6.07) is 66.0. The highest BCUT2D eigenvalue weighted by Gasteiger charge is 2.28. The third-order valence-corrected chi connectivity index (χ3v) is 13.7. The van der Waals surface area contributed by atoms with Gasteiger partial charge in [-0.15, -0.1) is 0 Å². The average molecular weight is 809 g/mol. The summed E-state index contributed by atoms with van der Waals surface area (Å²) in [5.41, 5.74) is 20.6. The van der Waals surface area contributed by atoms with Gasteiger partial charge in [0, 0.05) is 65.8 Å². The van der Waals surface area contributed by atoms with Crippen LogP contribution in [0.25, 0.3) is 76.2 Å². The van der Waals surface area contributed by atoms with E-state index in [1.54, 1.807) is 0 Å². The zero-order chi connectivity index (χ0) is 42.2. The van der Waals surface area contributed by atoms with Crippen molar-refractivity contribution in [3.05, 3.63) is 204 Å². The Morgan fingerprint density at radius 1 is 0.302 bits per heavy atom. The Hall–Kier alpha value is -7.82. The molecule has 300 valence electrons. The van der Waals surface area contributed by atoms with E-state index >= 15 is 0 Å². The van der Waals surface area contributed by atoms with E-state index in [9.17, 15) is 0 Å². The van der Waals surface area contributed by atoms with Gasteiger partial charge in [0.1, 0.15) is 0 Å². The summed E-state index contributed by atoms with van der Waals surface area (Å²) in [4.78, 5) is 4.92. The predicted octanol–water partition coefficient (Wildman–Crippen LogP) is 16.5. The van der Waals surface area contributed by atoms with Gasteiger partial charge in [-0.2, -0.15) is 0 Å². The molecule has 4 heteroatoms. The average Bonchev–Trinajstić information content (AvgIpc) is 4.02. The quantitative estimate of drug-likeness (QED) is 0.166. The summed E-state index contributed by atoms with van der Waals surface area (Å²) in [5.74, 6) is 0. The molecule has 0 spiro atoms. The Balaban J connectivity index is 1.12. The monoisotopic (exact) mass is 808 g/mol. The molecule has 0 amide bonds. The summed E-state index contributed by atoms with van der Waals surface area (Å²) < 4.78 is 5.09. The Kier molecular flexibility index (Phi) is 7.46. The predicted molar refractivity (Wildman–Crippen MR) is 269 cm³/mol. The molecule has 0 saturated carbocycles. The summed E-state index contributed by atoms with van der Waals surface area (Å²) in [6.07, 6.45) is 0. The third-order valence-electron chi connectivity index (χ3n) is 13.7. The highest BCUT2D eigenvalue weighted by atomic mass is 15.2. The molecule has 0 aliphatic rings. The molecule has 4 heterocycles. The molecule has 0 radical (unpaired) electrons. The minimum atomic E-state index is 1.14. The van der Waals surface area contributed by atoms with Crippen LogP contribution in [0.1, 0.15) is 27.8 Å². The normalized spacial score (nSPS) is 12.2. The molecule has 63 heavy (non-hydrogen) atoms. The molecule has 0 aliphatic heterocycles. The molecule has 0 unspecified atom stereocenters. The zero-order valence-electron chi connectivity index (χ0n) is 36.0. The molecule has 0 bridgehead atoms. The first kappa shape index (κ1) is 35.9. The Morgan fingerprint density at radius 3 is 1.35 bits per heavy atom. The minimum Gasteiger partial charge on any atom is -0.310 e. The lowest BCUT2D eigenvalue weighted by atomic mass is 10.0. The standard InChI is InChI=1S/C59H44N4/c1-35-18-23-40(24-19-35)60(42-12-10-11-37(3)31-42)51-29-27-43-47-33-55-48(34-54(47)62-49-15-8-6-13-45(49)56(51)58(43)62)44-28-30-52(57-46-14-7-9-16-50(46)63(55)59(44)57)61(41-25-20-36(2)21-26-41)53-32-38(4)17-22-39(53)5/h6-34H,1-5H3. The molecule has 0 saturated heterocycles. The van der Waals surface area contributed by atoms with Crippen LogP contribution in [0.2, 0.25) is 0 Å². The fraction of sp³-hybridized carbons (Fsp3) is 0.0847. The Labute approximate surface area is 365 Å². The molecule has 0 N–H and O–H groups in total. The summed E-state index contributed by atoms with van der Waals surface area (Å²) >= 11 is 0. The Morgan fingerprint density at radius 2 is 0.794 bits per heavy atom. The number of nitrogens with zero attached hydrogens (tertiary/aromatic N) is 4. The molecule has 4 aromatic heterocycles. The van der Waals surface area contributed by atoms with Crippen molar-refractivity contribution in [3.8, 4) is 0 Å². The van der Waals surface area contributed by atoms with Gasteiger partial charge in [-0.1, -0.05) is 108 Å². The highest BCUT2D eigenvalue weighted by molar-refractivity contribution is 6.32. The molecule has 0 fully saturated rings. The molecule has 13 rings (SSSR count). The van der Waals surface area contributed by atoms with Gasteiger partial charge in [-0.05, 0) is 130 Å². The van der Waals surface area contributed by atoms with Crippen molar-refractivity contribution in [2.45, 2.75) is 34.6 Å². The topological polar surface area (TPSA) is 15.3 Å². The smallest absolute Gasteiger partial charge is 0.0641 e. The van der Waals surface area contributed by atoms with Crippen molar-refractivity contribution in [1.82, 2.24) is 8.80 Å². The van der Waals surface area contributed by atoms with Gasteiger partial charge >= 0.3 is 0 Å². The van der Waals surface area contributed by atoms with Crippen molar-refractivity contribution in [2.24, 2.45) is 0 Å². The lowest BCUT2D eigenvalue weighted by Gasteiger charge is -2.28. The van der Waals surface area contributed by atoms with E-state index in [4.69, 9.17) is 0 Å². The number of fused-ring (bicyclic) bond motifs is 12. The van der Waals surface area contributed by atoms with Crippen LogP contribution in [0.15, 0.2) is 176 Å². The van der Waals surface area contributed by atoms with E-state index in [0.717, 1.165) is 17.1 Å². The van der Waals surface area contributed by atoms with Crippen LogP contribution in [0, 0.1) is 34.6 Å². The SMILES string of the molecule is Cc1ccc(N(c2cccc(C)c2)c2ccc3c4cc5c(cc4n4c6ccccc6c2c34)c2ccc(N(c3ccc(C)cc3)c3cc(C)ccc3C)c3c4ccccc4n5c23)cc1. The van der Waals surface area contributed by atoms with Crippen LogP contribution < -0.4 is 9.80 Å². The number of hydrogen-bond acceptors (Lipinski definition) is 2. The van der Waals surface area contributed by atoms with Gasteiger partial charge in [-0.3, -0.25) is 0 Å². The number of aryl methyl sites for hydroxylation is 5. The zero-order valence-corrected chi connectivity index (χ0v) is 36.0. The van der Waals surface area contributed by atoms with E-state index in [2.05, 4.69) is 229 Å². The molecule has 13 aromatic rings. The van der Waals surface area contributed by atoms with Gasteiger partial charge in [-0.25, -0.2) is 0 Å². The highest BCUT2D eigenvalue weighted by Crippen LogP contribution is 2.51. The summed E-state index contributed by atoms with van der Waals surface area (Å²) in [7, 11) is 0. The molecular weight excluding hydrogens is 765 g/mol. The Bertz CT molecular complexity index is 3960. The number of aromatic nitrogens is 2. The van der Waals surface area contributed by atoms with Gasteiger partial charge in [0.25, 0.3) is 0 Å². The van der Waals surface area contributed by atoms with E-state index in [-0.39, 0.29) is 0 Å². The first-order chi connectivity index (χ1) is 30.8. The molecule has 0 aliphatic carbocycles. The second kappa shape index (κ2) is 13.1. The van der Waals surface area contributed by atoms with Crippen LogP contribution in [0.5, 0.6) is 0 Å². The van der Waals surface area contributed by atoms with E-state index in [1.807, 2.05) is 0 Å². The second-order valence-corrected chi connectivity index (χ2v) is 17.8. The lowest BCUT2D eigenvalue weighted by molar-refractivity contribution is 1.24. The maximum absolute atomic E-state index is 2.55. The lowest BCUT2D eigenvalue weighted by Crippen LogP contribution is -2.12. The van der Waals surface area contributed by atoms with Crippen molar-refractivity contribution >= 4 is 110 Å². The fourth-order valence-corrected chi connectivity index (χ4v) is 10.8. The number of para-hydroxylation sites is 2. The molecule has 9 aromatic carbocycles. The molecular formula is C59H44N4. The first-order valence-corrected chi connectivity index (χ1v) is 22.0. The second-order valence-electron chi connectivity index (χ2n) is 17.8. The van der Waals surface area contributed by atoms with Crippen LogP contribution in [-0.2, 0) is 0 Å². The maximum atomic E-state index is 2.55. The molecule has 0 atom stereocenters. The van der Waals surface area contributed by atoms with E-state index in [0.29, 0.717) is 0 Å². The minimum absolute atomic E-state index is 1.14.